The van der Waals surface area contributed by atoms with Crippen molar-refractivity contribution in [2.24, 2.45) is 10.9 Å². The zero-order valence-corrected chi connectivity index (χ0v) is 10.00. The smallest absolute Gasteiger partial charge is 0.139 e. The maximum absolute atomic E-state index is 8.33. The summed E-state index contributed by atoms with van der Waals surface area (Å²) in [5.74, 6) is 0.329. The Kier molecular flexibility index (Phi) is 9.27. The van der Waals surface area contributed by atoms with Gasteiger partial charge in [0.15, 0.2) is 0 Å². The summed E-state index contributed by atoms with van der Waals surface area (Å²) in [6.07, 6.45) is 6.41. The molecule has 1 atom stereocenters. The lowest BCUT2D eigenvalue weighted by molar-refractivity contribution is 0.316. The molecule has 0 bridgehead atoms. The first-order chi connectivity index (χ1) is 7.24. The molecule has 0 heterocycles. The van der Waals surface area contributed by atoms with Gasteiger partial charge < -0.3 is 16.3 Å². The first kappa shape index (κ1) is 14.2. The Morgan fingerprint density at radius 3 is 2.67 bits per heavy atom. The standard InChI is InChI=1S/C11H25N3O/c1-3-7-10(4-2)13-9-6-5-8-11(12)14-15/h10,13,15H,3-9H2,1-2H3,(H2,12,14). The Hall–Kier alpha value is -0.770. The number of nitrogens with zero attached hydrogens (tertiary/aromatic N) is 1. The largest absolute Gasteiger partial charge is 0.409 e. The van der Waals surface area contributed by atoms with Crippen molar-refractivity contribution < 1.29 is 5.21 Å². The SMILES string of the molecule is CCCC(CC)NCCCCC(N)=NO. The van der Waals surface area contributed by atoms with Gasteiger partial charge in [-0.3, -0.25) is 0 Å². The third kappa shape index (κ3) is 8.24. The molecule has 0 saturated heterocycles. The quantitative estimate of drug-likeness (QED) is 0.181. The Balaban J connectivity index is 3.36. The van der Waals surface area contributed by atoms with Crippen LogP contribution in [0.1, 0.15) is 52.4 Å². The van der Waals surface area contributed by atoms with Gasteiger partial charge in [-0.05, 0) is 32.2 Å². The van der Waals surface area contributed by atoms with Crippen LogP contribution in [-0.4, -0.2) is 23.6 Å². The maximum atomic E-state index is 8.33. The second-order valence-corrected chi connectivity index (χ2v) is 3.90. The zero-order chi connectivity index (χ0) is 11.5. The molecule has 4 nitrogen and oxygen atoms in total. The summed E-state index contributed by atoms with van der Waals surface area (Å²) in [6.45, 7) is 5.45. The van der Waals surface area contributed by atoms with Gasteiger partial charge in [-0.2, -0.15) is 0 Å². The summed E-state index contributed by atoms with van der Waals surface area (Å²) in [5.41, 5.74) is 5.37. The van der Waals surface area contributed by atoms with E-state index in [1.54, 1.807) is 0 Å². The minimum atomic E-state index is 0.329. The fourth-order valence-corrected chi connectivity index (χ4v) is 1.59. The maximum Gasteiger partial charge on any atom is 0.139 e. The van der Waals surface area contributed by atoms with Crippen LogP contribution < -0.4 is 11.1 Å². The van der Waals surface area contributed by atoms with E-state index in [4.69, 9.17) is 10.9 Å². The molecule has 1 unspecified atom stereocenters. The van der Waals surface area contributed by atoms with Crippen LogP contribution in [0.3, 0.4) is 0 Å². The molecule has 0 aliphatic rings. The molecule has 0 radical (unpaired) electrons. The third-order valence-corrected chi connectivity index (χ3v) is 2.55. The van der Waals surface area contributed by atoms with E-state index >= 15 is 0 Å². The Morgan fingerprint density at radius 2 is 2.13 bits per heavy atom. The van der Waals surface area contributed by atoms with Crippen LogP contribution in [0.2, 0.25) is 0 Å². The molecule has 0 aromatic heterocycles. The summed E-state index contributed by atoms with van der Waals surface area (Å²) in [6, 6.07) is 0.652. The number of oxime groups is 1. The molecule has 0 aromatic rings. The molecule has 4 heteroatoms. The second-order valence-electron chi connectivity index (χ2n) is 3.90. The zero-order valence-electron chi connectivity index (χ0n) is 10.00. The molecular weight excluding hydrogens is 190 g/mol. The van der Waals surface area contributed by atoms with Crippen molar-refractivity contribution in [1.82, 2.24) is 5.32 Å². The van der Waals surface area contributed by atoms with Crippen LogP contribution in [0.25, 0.3) is 0 Å². The highest BCUT2D eigenvalue weighted by Crippen LogP contribution is 2.01. The van der Waals surface area contributed by atoms with Crippen molar-refractivity contribution in [2.75, 3.05) is 6.54 Å². The molecule has 0 aliphatic carbocycles. The minimum Gasteiger partial charge on any atom is -0.409 e. The monoisotopic (exact) mass is 215 g/mol. The van der Waals surface area contributed by atoms with E-state index in [0.29, 0.717) is 18.3 Å². The number of nitrogens with one attached hydrogen (secondary N) is 1. The van der Waals surface area contributed by atoms with Gasteiger partial charge in [0.05, 0.1) is 0 Å². The molecule has 0 rings (SSSR count). The molecule has 0 spiro atoms. The lowest BCUT2D eigenvalue weighted by Gasteiger charge is -2.15. The number of unbranched alkanes of at least 4 members (excludes halogenated alkanes) is 1. The van der Waals surface area contributed by atoms with Gasteiger partial charge in [0.25, 0.3) is 0 Å². The molecule has 0 fully saturated rings. The topological polar surface area (TPSA) is 70.6 Å². The summed E-state index contributed by atoms with van der Waals surface area (Å²) in [7, 11) is 0. The van der Waals surface area contributed by atoms with E-state index in [1.807, 2.05) is 0 Å². The van der Waals surface area contributed by atoms with E-state index in [2.05, 4.69) is 24.3 Å². The predicted octanol–water partition coefficient (Wildman–Crippen LogP) is 2.07. The molecule has 0 amide bonds. The average molecular weight is 215 g/mol. The fourth-order valence-electron chi connectivity index (χ4n) is 1.59. The first-order valence-corrected chi connectivity index (χ1v) is 5.94. The summed E-state index contributed by atoms with van der Waals surface area (Å²) < 4.78 is 0. The lowest BCUT2D eigenvalue weighted by Crippen LogP contribution is -2.29. The van der Waals surface area contributed by atoms with Crippen molar-refractivity contribution in [2.45, 2.75) is 58.4 Å². The van der Waals surface area contributed by atoms with E-state index in [1.165, 1.54) is 19.3 Å². The number of nitrogens with two attached hydrogens (primary N) is 1. The summed E-state index contributed by atoms with van der Waals surface area (Å²) in [5, 5.41) is 14.8. The molecule has 90 valence electrons. The van der Waals surface area contributed by atoms with Gasteiger partial charge in [0.1, 0.15) is 5.84 Å². The van der Waals surface area contributed by atoms with Gasteiger partial charge in [0, 0.05) is 12.5 Å². The van der Waals surface area contributed by atoms with E-state index < -0.39 is 0 Å². The normalized spacial score (nSPS) is 14.1. The molecule has 0 aromatic carbocycles. The highest BCUT2D eigenvalue weighted by molar-refractivity contribution is 5.79. The predicted molar refractivity (Wildman–Crippen MR) is 64.2 cm³/mol. The summed E-state index contributed by atoms with van der Waals surface area (Å²) >= 11 is 0. The highest BCUT2D eigenvalue weighted by atomic mass is 16.4. The minimum absolute atomic E-state index is 0.329. The summed E-state index contributed by atoms with van der Waals surface area (Å²) in [4.78, 5) is 0. The highest BCUT2D eigenvalue weighted by Gasteiger charge is 2.02. The number of amidine groups is 1. The van der Waals surface area contributed by atoms with Gasteiger partial charge in [0.2, 0.25) is 0 Å². The van der Waals surface area contributed by atoms with Crippen molar-refractivity contribution >= 4 is 5.84 Å². The van der Waals surface area contributed by atoms with Crippen LogP contribution >= 0.6 is 0 Å². The van der Waals surface area contributed by atoms with E-state index in [-0.39, 0.29) is 0 Å². The molecular formula is C11H25N3O. The Labute approximate surface area is 92.9 Å². The average Bonchev–Trinajstić information content (AvgIpc) is 2.26. The van der Waals surface area contributed by atoms with Crippen molar-refractivity contribution in [3.63, 3.8) is 0 Å². The van der Waals surface area contributed by atoms with Gasteiger partial charge >= 0.3 is 0 Å². The molecule has 15 heavy (non-hydrogen) atoms. The molecule has 4 N–H and O–H groups in total. The van der Waals surface area contributed by atoms with Gasteiger partial charge in [-0.25, -0.2) is 0 Å². The Morgan fingerprint density at radius 1 is 1.40 bits per heavy atom. The number of hydrogen-bond donors (Lipinski definition) is 3. The Bertz CT molecular complexity index is 171. The van der Waals surface area contributed by atoms with Crippen molar-refractivity contribution in [1.29, 1.82) is 0 Å². The number of hydrogen-bond acceptors (Lipinski definition) is 3. The van der Waals surface area contributed by atoms with Gasteiger partial charge in [-0.1, -0.05) is 25.4 Å². The third-order valence-electron chi connectivity index (χ3n) is 2.55. The van der Waals surface area contributed by atoms with Gasteiger partial charge in [-0.15, -0.1) is 0 Å². The van der Waals surface area contributed by atoms with E-state index in [0.717, 1.165) is 19.4 Å². The van der Waals surface area contributed by atoms with Crippen LogP contribution in [0.4, 0.5) is 0 Å². The molecule has 0 aliphatic heterocycles. The van der Waals surface area contributed by atoms with Crippen molar-refractivity contribution in [3.05, 3.63) is 0 Å². The lowest BCUT2D eigenvalue weighted by atomic mass is 10.1. The fraction of sp³-hybridized carbons (Fsp3) is 0.909. The van der Waals surface area contributed by atoms with E-state index in [9.17, 15) is 0 Å². The first-order valence-electron chi connectivity index (χ1n) is 5.94. The second kappa shape index (κ2) is 9.77. The van der Waals surface area contributed by atoms with Crippen LogP contribution in [0, 0.1) is 0 Å². The van der Waals surface area contributed by atoms with Crippen LogP contribution in [-0.2, 0) is 0 Å². The van der Waals surface area contributed by atoms with Crippen LogP contribution in [0.5, 0.6) is 0 Å². The number of rotatable bonds is 9. The van der Waals surface area contributed by atoms with Crippen LogP contribution in [0.15, 0.2) is 5.16 Å². The molecule has 0 saturated carbocycles. The van der Waals surface area contributed by atoms with Crippen molar-refractivity contribution in [3.8, 4) is 0 Å².